The van der Waals surface area contributed by atoms with Crippen molar-refractivity contribution in [3.8, 4) is 17.2 Å². The van der Waals surface area contributed by atoms with Crippen LogP contribution in [0.2, 0.25) is 0 Å². The molecule has 1 heterocycles. The van der Waals surface area contributed by atoms with E-state index in [-0.39, 0.29) is 11.3 Å². The number of hydrogen-bond donors (Lipinski definition) is 1. The molecule has 0 bridgehead atoms. The summed E-state index contributed by atoms with van der Waals surface area (Å²) in [6.07, 6.45) is 1.57. The molecular weight excluding hydrogens is 278 g/mol. The van der Waals surface area contributed by atoms with Crippen LogP contribution < -0.4 is 10.3 Å². The number of hydrogen-bond acceptors (Lipinski definition) is 3. The van der Waals surface area contributed by atoms with Crippen LogP contribution in [-0.4, -0.2) is 9.67 Å². The minimum Gasteiger partial charge on any atom is -0.508 e. The maximum atomic E-state index is 11.9. The Balaban J connectivity index is 1.90. The molecule has 0 saturated heterocycles. The van der Waals surface area contributed by atoms with Gasteiger partial charge in [0.05, 0.1) is 6.54 Å². The van der Waals surface area contributed by atoms with Crippen molar-refractivity contribution in [2.24, 2.45) is 0 Å². The first-order valence-corrected chi connectivity index (χ1v) is 6.92. The van der Waals surface area contributed by atoms with E-state index in [9.17, 15) is 9.90 Å². The quantitative estimate of drug-likeness (QED) is 0.802. The lowest BCUT2D eigenvalue weighted by Crippen LogP contribution is -2.18. The van der Waals surface area contributed by atoms with Crippen LogP contribution in [0.15, 0.2) is 77.7 Å². The maximum absolute atomic E-state index is 11.9. The third kappa shape index (κ3) is 3.17. The largest absolute Gasteiger partial charge is 0.508 e. The fourth-order valence-electron chi connectivity index (χ4n) is 2.16. The minimum atomic E-state index is -0.255. The molecule has 2 aromatic carbocycles. The van der Waals surface area contributed by atoms with Crippen molar-refractivity contribution in [2.45, 2.75) is 6.54 Å². The van der Waals surface area contributed by atoms with Crippen molar-refractivity contribution in [1.82, 2.24) is 4.57 Å². The Morgan fingerprint density at radius 2 is 1.68 bits per heavy atom. The summed E-state index contributed by atoms with van der Waals surface area (Å²) in [6, 6.07) is 19.8. The topological polar surface area (TPSA) is 51.5 Å². The number of nitrogens with zero attached hydrogens (tertiary/aromatic N) is 1. The average Bonchev–Trinajstić information content (AvgIpc) is 2.53. The van der Waals surface area contributed by atoms with Crippen LogP contribution in [0.25, 0.3) is 0 Å². The van der Waals surface area contributed by atoms with Crippen LogP contribution in [-0.2, 0) is 6.54 Å². The summed E-state index contributed by atoms with van der Waals surface area (Å²) in [5.74, 6) is 1.41. The molecule has 0 fully saturated rings. The molecule has 3 rings (SSSR count). The normalized spacial score (nSPS) is 10.4. The van der Waals surface area contributed by atoms with E-state index in [0.29, 0.717) is 12.3 Å². The molecule has 22 heavy (non-hydrogen) atoms. The van der Waals surface area contributed by atoms with Crippen molar-refractivity contribution in [2.75, 3.05) is 0 Å². The van der Waals surface area contributed by atoms with E-state index in [2.05, 4.69) is 0 Å². The molecule has 0 radical (unpaired) electrons. The van der Waals surface area contributed by atoms with Gasteiger partial charge in [-0.15, -0.1) is 0 Å². The lowest BCUT2D eigenvalue weighted by Gasteiger charge is -2.12. The summed E-state index contributed by atoms with van der Waals surface area (Å²) < 4.78 is 7.40. The molecule has 3 aromatic rings. The molecule has 0 amide bonds. The first-order valence-electron chi connectivity index (χ1n) is 6.92. The van der Waals surface area contributed by atoms with E-state index in [1.807, 2.05) is 54.6 Å². The van der Waals surface area contributed by atoms with Gasteiger partial charge in [0.25, 0.3) is 5.56 Å². The second-order valence-corrected chi connectivity index (χ2v) is 4.87. The molecule has 1 aromatic heterocycles. The second-order valence-electron chi connectivity index (χ2n) is 4.87. The number of pyridine rings is 1. The molecule has 1 N–H and O–H groups in total. The third-order valence-electron chi connectivity index (χ3n) is 3.26. The highest BCUT2D eigenvalue weighted by Crippen LogP contribution is 2.25. The molecule has 0 aliphatic carbocycles. The molecule has 110 valence electrons. The Morgan fingerprint density at radius 3 is 2.45 bits per heavy atom. The lowest BCUT2D eigenvalue weighted by atomic mass is 10.2. The van der Waals surface area contributed by atoms with Gasteiger partial charge < -0.3 is 14.4 Å². The highest BCUT2D eigenvalue weighted by molar-refractivity contribution is 5.38. The molecular formula is C18H15NO3. The van der Waals surface area contributed by atoms with E-state index >= 15 is 0 Å². The molecule has 0 aliphatic heterocycles. The maximum Gasteiger partial charge on any atom is 0.254 e. The zero-order chi connectivity index (χ0) is 15.4. The van der Waals surface area contributed by atoms with Crippen LogP contribution in [0.5, 0.6) is 17.2 Å². The van der Waals surface area contributed by atoms with Gasteiger partial charge in [0, 0.05) is 17.8 Å². The summed E-state index contributed by atoms with van der Waals surface area (Å²) in [5.41, 5.74) is 0.633. The Morgan fingerprint density at radius 1 is 0.955 bits per heavy atom. The highest BCUT2D eigenvalue weighted by Gasteiger charge is 2.06. The van der Waals surface area contributed by atoms with Crippen LogP contribution in [0.4, 0.5) is 0 Å². The highest BCUT2D eigenvalue weighted by atomic mass is 16.5. The predicted octanol–water partition coefficient (Wildman–Crippen LogP) is 3.39. The van der Waals surface area contributed by atoms with Gasteiger partial charge in [-0.25, -0.2) is 0 Å². The second kappa shape index (κ2) is 6.18. The lowest BCUT2D eigenvalue weighted by molar-refractivity contribution is 0.468. The SMILES string of the molecule is O=c1cc(O)ccn1Cc1ccccc1Oc1ccccc1. The van der Waals surface area contributed by atoms with Gasteiger partial charge in [-0.2, -0.15) is 0 Å². The number of ether oxygens (including phenoxy) is 1. The Hall–Kier alpha value is -3.01. The van der Waals surface area contributed by atoms with Gasteiger partial charge in [-0.1, -0.05) is 36.4 Å². The fourth-order valence-corrected chi connectivity index (χ4v) is 2.16. The summed E-state index contributed by atoms with van der Waals surface area (Å²) in [5, 5.41) is 9.32. The number of rotatable bonds is 4. The molecule has 0 aliphatic rings. The molecule has 4 heteroatoms. The van der Waals surface area contributed by atoms with E-state index < -0.39 is 0 Å². The first kappa shape index (κ1) is 13.9. The van der Waals surface area contributed by atoms with Gasteiger partial charge in [0.2, 0.25) is 0 Å². The smallest absolute Gasteiger partial charge is 0.254 e. The van der Waals surface area contributed by atoms with Crippen LogP contribution >= 0.6 is 0 Å². The standard InChI is InChI=1S/C18H15NO3/c20-15-10-11-19(18(21)12-15)13-14-6-4-5-9-17(14)22-16-7-2-1-3-8-16/h1-12,20H,13H2. The molecule has 0 unspecified atom stereocenters. The fraction of sp³-hybridized carbons (Fsp3) is 0.0556. The van der Waals surface area contributed by atoms with Crippen molar-refractivity contribution >= 4 is 0 Å². The average molecular weight is 293 g/mol. The summed E-state index contributed by atoms with van der Waals surface area (Å²) in [7, 11) is 0. The predicted molar refractivity (Wildman–Crippen MR) is 84.4 cm³/mol. The van der Waals surface area contributed by atoms with Gasteiger partial charge in [0.1, 0.15) is 17.2 Å². The minimum absolute atomic E-state index is 0.0323. The van der Waals surface area contributed by atoms with E-state index in [4.69, 9.17) is 4.74 Å². The summed E-state index contributed by atoms with van der Waals surface area (Å²) in [4.78, 5) is 11.9. The Kier molecular flexibility index (Phi) is 3.92. The van der Waals surface area contributed by atoms with Gasteiger partial charge >= 0.3 is 0 Å². The number of benzene rings is 2. The number of para-hydroxylation sites is 2. The van der Waals surface area contributed by atoms with Gasteiger partial charge in [-0.3, -0.25) is 4.79 Å². The Labute approximate surface area is 127 Å². The van der Waals surface area contributed by atoms with Gasteiger partial charge in [-0.05, 0) is 24.3 Å². The van der Waals surface area contributed by atoms with Crippen molar-refractivity contribution in [3.05, 3.63) is 88.8 Å². The van der Waals surface area contributed by atoms with Crippen molar-refractivity contribution in [1.29, 1.82) is 0 Å². The van der Waals surface area contributed by atoms with Gasteiger partial charge in [0.15, 0.2) is 0 Å². The molecule has 4 nitrogen and oxygen atoms in total. The summed E-state index contributed by atoms with van der Waals surface area (Å²) in [6.45, 7) is 0.377. The summed E-state index contributed by atoms with van der Waals surface area (Å²) >= 11 is 0. The zero-order valence-electron chi connectivity index (χ0n) is 11.8. The monoisotopic (exact) mass is 293 g/mol. The van der Waals surface area contributed by atoms with Crippen molar-refractivity contribution in [3.63, 3.8) is 0 Å². The number of aromatic nitrogens is 1. The zero-order valence-corrected chi connectivity index (χ0v) is 11.8. The number of aromatic hydroxyl groups is 1. The third-order valence-corrected chi connectivity index (χ3v) is 3.26. The van der Waals surface area contributed by atoms with Crippen LogP contribution in [0.1, 0.15) is 5.56 Å². The van der Waals surface area contributed by atoms with E-state index in [0.717, 1.165) is 11.3 Å². The Bertz CT molecular complexity index is 825. The molecule has 0 spiro atoms. The first-order chi connectivity index (χ1) is 10.7. The molecule has 0 atom stereocenters. The van der Waals surface area contributed by atoms with E-state index in [1.54, 1.807) is 6.20 Å². The van der Waals surface area contributed by atoms with Crippen molar-refractivity contribution < 1.29 is 9.84 Å². The molecule has 0 saturated carbocycles. The van der Waals surface area contributed by atoms with Crippen LogP contribution in [0.3, 0.4) is 0 Å². The van der Waals surface area contributed by atoms with Crippen LogP contribution in [0, 0.1) is 0 Å². The van der Waals surface area contributed by atoms with E-state index in [1.165, 1.54) is 16.7 Å².